The number of nitriles is 1. The lowest BCUT2D eigenvalue weighted by Crippen LogP contribution is -2.38. The summed E-state index contributed by atoms with van der Waals surface area (Å²) in [6.45, 7) is 1.78. The van der Waals surface area contributed by atoms with Crippen LogP contribution < -0.4 is 5.32 Å². The number of nitrogens with zero attached hydrogens (tertiary/aromatic N) is 1. The molecule has 0 fully saturated rings. The van der Waals surface area contributed by atoms with E-state index >= 15 is 0 Å². The first kappa shape index (κ1) is 16.2. The lowest BCUT2D eigenvalue weighted by atomic mass is 10.0. The topological polar surface area (TPSA) is 73.1 Å². The first-order valence-corrected chi connectivity index (χ1v) is 8.31. The van der Waals surface area contributed by atoms with Gasteiger partial charge in [0, 0.05) is 15.1 Å². The van der Waals surface area contributed by atoms with Crippen LogP contribution in [0.15, 0.2) is 54.6 Å². The molecule has 3 aromatic rings. The molecule has 1 atom stereocenters. The van der Waals surface area contributed by atoms with Gasteiger partial charge < -0.3 is 10.4 Å². The van der Waals surface area contributed by atoms with Gasteiger partial charge in [0.05, 0.1) is 18.2 Å². The average Bonchev–Trinajstić information content (AvgIpc) is 3.05. The van der Waals surface area contributed by atoms with Gasteiger partial charge in [0.15, 0.2) is 0 Å². The van der Waals surface area contributed by atoms with E-state index in [1.54, 1.807) is 25.1 Å². The maximum Gasteiger partial charge on any atom is 0.251 e. The molecular formula is C19H16N2O2S. The zero-order valence-electron chi connectivity index (χ0n) is 13.1. The number of rotatable bonds is 4. The zero-order chi connectivity index (χ0) is 17.2. The largest absolute Gasteiger partial charge is 0.383 e. The van der Waals surface area contributed by atoms with E-state index in [4.69, 9.17) is 5.26 Å². The van der Waals surface area contributed by atoms with Crippen molar-refractivity contribution in [1.29, 1.82) is 5.26 Å². The van der Waals surface area contributed by atoms with E-state index in [0.717, 1.165) is 15.0 Å². The summed E-state index contributed by atoms with van der Waals surface area (Å²) >= 11 is 1.51. The highest BCUT2D eigenvalue weighted by Gasteiger charge is 2.26. The van der Waals surface area contributed by atoms with Gasteiger partial charge in [0.25, 0.3) is 5.91 Å². The molecule has 2 N–H and O–H groups in total. The van der Waals surface area contributed by atoms with Gasteiger partial charge in [-0.3, -0.25) is 4.79 Å². The van der Waals surface area contributed by atoms with E-state index in [1.165, 1.54) is 17.4 Å². The van der Waals surface area contributed by atoms with Gasteiger partial charge in [-0.25, -0.2) is 0 Å². The molecule has 120 valence electrons. The van der Waals surface area contributed by atoms with Crippen molar-refractivity contribution in [2.75, 3.05) is 6.54 Å². The molecule has 0 radical (unpaired) electrons. The number of aliphatic hydroxyl groups is 1. The maximum atomic E-state index is 12.2. The molecule has 3 rings (SSSR count). The number of thiophene rings is 1. The highest BCUT2D eigenvalue weighted by Crippen LogP contribution is 2.32. The first-order chi connectivity index (χ1) is 11.5. The van der Waals surface area contributed by atoms with Crippen LogP contribution in [0.5, 0.6) is 0 Å². The second-order valence-electron chi connectivity index (χ2n) is 5.80. The standard InChI is InChI=1S/C19H16N2O2S/c1-19(23,17-10-14-6-2-3-8-16(14)24-17)12-21-18(22)15-7-4-5-13(9-15)11-20/h2-10,23H,12H2,1H3,(H,21,22)/t19-/m0/s1. The van der Waals surface area contributed by atoms with Crippen LogP contribution in [0.4, 0.5) is 0 Å². The molecule has 5 heteroatoms. The summed E-state index contributed by atoms with van der Waals surface area (Å²) in [5.74, 6) is -0.312. The van der Waals surface area contributed by atoms with Crippen molar-refractivity contribution in [2.45, 2.75) is 12.5 Å². The van der Waals surface area contributed by atoms with Gasteiger partial charge >= 0.3 is 0 Å². The second kappa shape index (κ2) is 6.44. The lowest BCUT2D eigenvalue weighted by molar-refractivity contribution is 0.0557. The van der Waals surface area contributed by atoms with Crippen LogP contribution in [-0.2, 0) is 5.60 Å². The molecule has 4 nitrogen and oxygen atoms in total. The third-order valence-electron chi connectivity index (χ3n) is 3.80. The second-order valence-corrected chi connectivity index (χ2v) is 6.88. The minimum Gasteiger partial charge on any atom is -0.383 e. The molecule has 0 spiro atoms. The molecule has 0 saturated heterocycles. The zero-order valence-corrected chi connectivity index (χ0v) is 13.9. The molecule has 0 bridgehead atoms. The van der Waals surface area contributed by atoms with Gasteiger partial charge in [0.1, 0.15) is 5.60 Å². The Morgan fingerprint density at radius 1 is 1.25 bits per heavy atom. The van der Waals surface area contributed by atoms with E-state index in [0.29, 0.717) is 11.1 Å². The summed E-state index contributed by atoms with van der Waals surface area (Å²) in [4.78, 5) is 13.0. The minimum absolute atomic E-state index is 0.0927. The normalized spacial score (nSPS) is 13.2. The lowest BCUT2D eigenvalue weighted by Gasteiger charge is -2.22. The third-order valence-corrected chi connectivity index (χ3v) is 5.17. The van der Waals surface area contributed by atoms with Gasteiger partial charge in [-0.05, 0) is 42.6 Å². The van der Waals surface area contributed by atoms with Crippen LogP contribution in [0.1, 0.15) is 27.7 Å². The summed E-state index contributed by atoms with van der Waals surface area (Å²) in [6.07, 6.45) is 0. The van der Waals surface area contributed by atoms with Crippen molar-refractivity contribution < 1.29 is 9.90 Å². The van der Waals surface area contributed by atoms with Gasteiger partial charge in [-0.1, -0.05) is 24.3 Å². The fourth-order valence-electron chi connectivity index (χ4n) is 2.42. The third kappa shape index (κ3) is 3.30. The Bertz CT molecular complexity index is 905. The molecular weight excluding hydrogens is 320 g/mol. The summed E-state index contributed by atoms with van der Waals surface area (Å²) in [5.41, 5.74) is -0.327. The van der Waals surface area contributed by atoms with Crippen molar-refractivity contribution in [1.82, 2.24) is 5.32 Å². The average molecular weight is 336 g/mol. The number of hydrogen-bond acceptors (Lipinski definition) is 4. The van der Waals surface area contributed by atoms with Crippen molar-refractivity contribution in [2.24, 2.45) is 0 Å². The number of amides is 1. The van der Waals surface area contributed by atoms with Crippen LogP contribution in [0.25, 0.3) is 10.1 Å². The smallest absolute Gasteiger partial charge is 0.251 e. The molecule has 0 aliphatic carbocycles. The van der Waals surface area contributed by atoms with Crippen molar-refractivity contribution >= 4 is 27.3 Å². The Morgan fingerprint density at radius 2 is 2.04 bits per heavy atom. The number of carbonyl (C=O) groups excluding carboxylic acids is 1. The van der Waals surface area contributed by atoms with Crippen LogP contribution >= 0.6 is 11.3 Å². The Kier molecular flexibility index (Phi) is 4.34. The predicted molar refractivity (Wildman–Crippen MR) is 94.9 cm³/mol. The van der Waals surface area contributed by atoms with E-state index in [-0.39, 0.29) is 12.5 Å². The number of fused-ring (bicyclic) bond motifs is 1. The fourth-order valence-corrected chi connectivity index (χ4v) is 3.53. The van der Waals surface area contributed by atoms with E-state index in [2.05, 4.69) is 5.32 Å². The van der Waals surface area contributed by atoms with E-state index in [9.17, 15) is 9.90 Å². The number of carbonyl (C=O) groups is 1. The summed E-state index contributed by atoms with van der Waals surface area (Å²) in [6, 6.07) is 18.4. The Balaban J connectivity index is 1.74. The monoisotopic (exact) mass is 336 g/mol. The van der Waals surface area contributed by atoms with Crippen LogP contribution in [0, 0.1) is 11.3 Å². The summed E-state index contributed by atoms with van der Waals surface area (Å²) in [5, 5.41) is 23.4. The molecule has 2 aromatic carbocycles. The van der Waals surface area contributed by atoms with Gasteiger partial charge in [-0.2, -0.15) is 5.26 Å². The molecule has 0 saturated carbocycles. The van der Waals surface area contributed by atoms with Crippen LogP contribution in [-0.4, -0.2) is 17.6 Å². The fraction of sp³-hybridized carbons (Fsp3) is 0.158. The molecule has 0 aliphatic heterocycles. The first-order valence-electron chi connectivity index (χ1n) is 7.49. The SMILES string of the molecule is C[C@](O)(CNC(=O)c1cccc(C#N)c1)c1cc2ccccc2s1. The summed E-state index contributed by atoms with van der Waals surface area (Å²) in [7, 11) is 0. The highest BCUT2D eigenvalue weighted by molar-refractivity contribution is 7.19. The molecule has 0 aliphatic rings. The number of hydrogen-bond donors (Lipinski definition) is 2. The number of benzene rings is 2. The Labute approximate surface area is 144 Å². The molecule has 1 amide bonds. The predicted octanol–water partition coefficient (Wildman–Crippen LogP) is 3.41. The van der Waals surface area contributed by atoms with Crippen LogP contribution in [0.3, 0.4) is 0 Å². The Hall–Kier alpha value is -2.68. The summed E-state index contributed by atoms with van der Waals surface area (Å²) < 4.78 is 1.10. The maximum absolute atomic E-state index is 12.2. The van der Waals surface area contributed by atoms with Crippen LogP contribution in [0.2, 0.25) is 0 Å². The van der Waals surface area contributed by atoms with Gasteiger partial charge in [-0.15, -0.1) is 11.3 Å². The van der Waals surface area contributed by atoms with Gasteiger partial charge in [0.2, 0.25) is 0 Å². The molecule has 0 unspecified atom stereocenters. The Morgan fingerprint density at radius 3 is 2.79 bits per heavy atom. The van der Waals surface area contributed by atoms with Crippen molar-refractivity contribution in [3.05, 3.63) is 70.6 Å². The number of nitrogens with one attached hydrogen (secondary N) is 1. The highest BCUT2D eigenvalue weighted by atomic mass is 32.1. The molecule has 1 aromatic heterocycles. The minimum atomic E-state index is -1.16. The van der Waals surface area contributed by atoms with Crippen molar-refractivity contribution in [3.8, 4) is 6.07 Å². The quantitative estimate of drug-likeness (QED) is 0.767. The molecule has 1 heterocycles. The van der Waals surface area contributed by atoms with E-state index < -0.39 is 5.60 Å². The van der Waals surface area contributed by atoms with Crippen molar-refractivity contribution in [3.63, 3.8) is 0 Å². The molecule has 24 heavy (non-hydrogen) atoms. The van der Waals surface area contributed by atoms with E-state index in [1.807, 2.05) is 36.4 Å².